The van der Waals surface area contributed by atoms with E-state index in [-0.39, 0.29) is 5.69 Å². The molecule has 0 fully saturated rings. The molecule has 1 rings (SSSR count). The number of aromatic nitrogens is 1. The molecule has 0 radical (unpaired) electrons. The number of nitrogens with zero attached hydrogens (tertiary/aromatic N) is 1. The van der Waals surface area contributed by atoms with Gasteiger partial charge in [0.05, 0.1) is 6.54 Å². The van der Waals surface area contributed by atoms with Gasteiger partial charge < -0.3 is 14.9 Å². The van der Waals surface area contributed by atoms with E-state index in [4.69, 9.17) is 9.63 Å². The minimum Gasteiger partial charge on any atom is -0.476 e. The number of hydrogen-bond donors (Lipinski definition) is 2. The second-order valence-electron chi connectivity index (χ2n) is 4.61. The molecule has 1 unspecified atom stereocenters. The summed E-state index contributed by atoms with van der Waals surface area (Å²) in [5, 5.41) is 15.5. The van der Waals surface area contributed by atoms with Gasteiger partial charge in [0.2, 0.25) is 0 Å². The number of carboxylic acids is 1. The summed E-state index contributed by atoms with van der Waals surface area (Å²) in [5.74, 6) is -0.495. The van der Waals surface area contributed by atoms with Crippen LogP contribution in [-0.4, -0.2) is 22.3 Å². The molecule has 1 aromatic heterocycles. The Kier molecular flexibility index (Phi) is 6.43. The van der Waals surface area contributed by atoms with E-state index in [1.807, 2.05) is 0 Å². The van der Waals surface area contributed by atoms with E-state index in [9.17, 15) is 4.79 Å². The summed E-state index contributed by atoms with van der Waals surface area (Å²) in [6.07, 6.45) is 6.15. The summed E-state index contributed by atoms with van der Waals surface area (Å²) in [4.78, 5) is 10.6. The molecule has 5 nitrogen and oxygen atoms in total. The molecule has 0 amide bonds. The van der Waals surface area contributed by atoms with Crippen LogP contribution < -0.4 is 5.32 Å². The number of hydrogen-bond acceptors (Lipinski definition) is 4. The topological polar surface area (TPSA) is 75.4 Å². The minimum atomic E-state index is -1.06. The Morgan fingerprint density at radius 2 is 2.28 bits per heavy atom. The summed E-state index contributed by atoms with van der Waals surface area (Å²) in [5.41, 5.74) is -0.0394. The van der Waals surface area contributed by atoms with Gasteiger partial charge in [-0.25, -0.2) is 4.79 Å². The summed E-state index contributed by atoms with van der Waals surface area (Å²) >= 11 is 0. The van der Waals surface area contributed by atoms with Crippen LogP contribution in [0.25, 0.3) is 0 Å². The average molecular weight is 254 g/mol. The van der Waals surface area contributed by atoms with Crippen LogP contribution in [0.3, 0.4) is 0 Å². The summed E-state index contributed by atoms with van der Waals surface area (Å²) in [6, 6.07) is 1.86. The third kappa shape index (κ3) is 5.31. The van der Waals surface area contributed by atoms with Crippen LogP contribution in [0.5, 0.6) is 0 Å². The molecule has 1 atom stereocenters. The van der Waals surface area contributed by atoms with Crippen LogP contribution in [-0.2, 0) is 6.54 Å². The molecule has 0 saturated carbocycles. The fraction of sp³-hybridized carbons (Fsp3) is 0.692. The molecular formula is C13H22N2O3. The molecule has 102 valence electrons. The van der Waals surface area contributed by atoms with Gasteiger partial charge in [-0.05, 0) is 13.3 Å². The van der Waals surface area contributed by atoms with E-state index < -0.39 is 5.97 Å². The third-order valence-electron chi connectivity index (χ3n) is 2.89. The fourth-order valence-electron chi connectivity index (χ4n) is 1.75. The largest absolute Gasteiger partial charge is 0.476 e. The zero-order valence-corrected chi connectivity index (χ0v) is 11.1. The summed E-state index contributed by atoms with van der Waals surface area (Å²) in [7, 11) is 0. The predicted octanol–water partition coefficient (Wildman–Crippen LogP) is 2.82. The molecule has 5 heteroatoms. The minimum absolute atomic E-state index is 0.0394. The molecule has 0 aromatic carbocycles. The van der Waals surface area contributed by atoms with Gasteiger partial charge in [0.15, 0.2) is 11.5 Å². The van der Waals surface area contributed by atoms with E-state index in [0.29, 0.717) is 18.3 Å². The molecule has 1 aromatic rings. The zero-order valence-electron chi connectivity index (χ0n) is 11.1. The number of aromatic carboxylic acids is 1. The molecule has 2 N–H and O–H groups in total. The van der Waals surface area contributed by atoms with Gasteiger partial charge in [0, 0.05) is 12.1 Å². The highest BCUT2D eigenvalue weighted by molar-refractivity contribution is 5.85. The van der Waals surface area contributed by atoms with Crippen molar-refractivity contribution in [1.29, 1.82) is 0 Å². The second kappa shape index (κ2) is 7.87. The normalized spacial score (nSPS) is 12.6. The van der Waals surface area contributed by atoms with Crippen LogP contribution in [0.2, 0.25) is 0 Å². The molecule has 0 spiro atoms. The summed E-state index contributed by atoms with van der Waals surface area (Å²) < 4.78 is 4.93. The van der Waals surface area contributed by atoms with E-state index in [1.54, 1.807) is 0 Å². The predicted molar refractivity (Wildman–Crippen MR) is 68.5 cm³/mol. The van der Waals surface area contributed by atoms with Crippen molar-refractivity contribution >= 4 is 5.97 Å². The lowest BCUT2D eigenvalue weighted by Crippen LogP contribution is -2.25. The standard InChI is InChI=1S/C13H22N2O3/c1-3-4-5-6-7-10(2)14-9-11-8-12(13(16)17)15-18-11/h8,10,14H,3-7,9H2,1-2H3,(H,16,17). The number of rotatable bonds is 9. The molecule has 0 bridgehead atoms. The van der Waals surface area contributed by atoms with Crippen LogP contribution in [0.4, 0.5) is 0 Å². The van der Waals surface area contributed by atoms with Crippen LogP contribution in [0.15, 0.2) is 10.6 Å². The molecule has 18 heavy (non-hydrogen) atoms. The lowest BCUT2D eigenvalue weighted by molar-refractivity contribution is 0.0685. The van der Waals surface area contributed by atoms with Gasteiger partial charge in [0.25, 0.3) is 0 Å². The molecule has 0 aliphatic carbocycles. The second-order valence-corrected chi connectivity index (χ2v) is 4.61. The molecular weight excluding hydrogens is 232 g/mol. The van der Waals surface area contributed by atoms with Crippen molar-refractivity contribution in [3.63, 3.8) is 0 Å². The lowest BCUT2D eigenvalue weighted by atomic mass is 10.1. The molecule has 0 aliphatic rings. The average Bonchev–Trinajstić information content (AvgIpc) is 2.81. The smallest absolute Gasteiger partial charge is 0.358 e. The van der Waals surface area contributed by atoms with Gasteiger partial charge in [-0.3, -0.25) is 0 Å². The van der Waals surface area contributed by atoms with Crippen molar-refractivity contribution in [1.82, 2.24) is 10.5 Å². The number of nitrogens with one attached hydrogen (secondary N) is 1. The molecule has 1 heterocycles. The van der Waals surface area contributed by atoms with E-state index in [0.717, 1.165) is 6.42 Å². The highest BCUT2D eigenvalue weighted by Crippen LogP contribution is 2.07. The monoisotopic (exact) mass is 254 g/mol. The summed E-state index contributed by atoms with van der Waals surface area (Å²) in [6.45, 7) is 4.85. The van der Waals surface area contributed by atoms with Crippen molar-refractivity contribution < 1.29 is 14.4 Å². The Balaban J connectivity index is 2.20. The Bertz CT molecular complexity index is 363. The SMILES string of the molecule is CCCCCCC(C)NCc1cc(C(=O)O)no1. The highest BCUT2D eigenvalue weighted by Gasteiger charge is 2.11. The van der Waals surface area contributed by atoms with Crippen LogP contribution >= 0.6 is 0 Å². The highest BCUT2D eigenvalue weighted by atomic mass is 16.5. The Labute approximate surface area is 108 Å². The molecule has 0 saturated heterocycles. The number of carboxylic acid groups (broad SMARTS) is 1. The first-order valence-corrected chi connectivity index (χ1v) is 6.55. The first-order valence-electron chi connectivity index (χ1n) is 6.55. The van der Waals surface area contributed by atoms with E-state index >= 15 is 0 Å². The maximum Gasteiger partial charge on any atom is 0.358 e. The Morgan fingerprint density at radius 1 is 1.50 bits per heavy atom. The molecule has 0 aliphatic heterocycles. The fourth-order valence-corrected chi connectivity index (χ4v) is 1.75. The van der Waals surface area contributed by atoms with Gasteiger partial charge in [-0.2, -0.15) is 0 Å². The van der Waals surface area contributed by atoms with Gasteiger partial charge in [-0.1, -0.05) is 37.8 Å². The lowest BCUT2D eigenvalue weighted by Gasteiger charge is -2.11. The first-order chi connectivity index (χ1) is 8.63. The number of carbonyl (C=O) groups is 1. The van der Waals surface area contributed by atoms with Crippen molar-refractivity contribution in [2.45, 2.75) is 58.5 Å². The van der Waals surface area contributed by atoms with Crippen molar-refractivity contribution in [2.75, 3.05) is 0 Å². The quantitative estimate of drug-likeness (QED) is 0.663. The Morgan fingerprint density at radius 3 is 2.89 bits per heavy atom. The van der Waals surface area contributed by atoms with Crippen LogP contribution in [0.1, 0.15) is 62.2 Å². The van der Waals surface area contributed by atoms with Crippen molar-refractivity contribution in [2.24, 2.45) is 0 Å². The maximum atomic E-state index is 10.6. The third-order valence-corrected chi connectivity index (χ3v) is 2.89. The Hall–Kier alpha value is -1.36. The van der Waals surface area contributed by atoms with Gasteiger partial charge >= 0.3 is 5.97 Å². The van der Waals surface area contributed by atoms with Crippen molar-refractivity contribution in [3.05, 3.63) is 17.5 Å². The van der Waals surface area contributed by atoms with Crippen LogP contribution in [0, 0.1) is 0 Å². The van der Waals surface area contributed by atoms with Gasteiger partial charge in [-0.15, -0.1) is 0 Å². The zero-order chi connectivity index (χ0) is 13.4. The maximum absolute atomic E-state index is 10.6. The number of unbranched alkanes of at least 4 members (excludes halogenated alkanes) is 3. The van der Waals surface area contributed by atoms with E-state index in [2.05, 4.69) is 24.3 Å². The van der Waals surface area contributed by atoms with E-state index in [1.165, 1.54) is 31.7 Å². The first kappa shape index (κ1) is 14.7. The van der Waals surface area contributed by atoms with Gasteiger partial charge in [0.1, 0.15) is 0 Å². The van der Waals surface area contributed by atoms with Crippen molar-refractivity contribution in [3.8, 4) is 0 Å².